The fraction of sp³-hybridized carbons (Fsp3) is 0.273. The van der Waals surface area contributed by atoms with Crippen LogP contribution in [0.15, 0.2) is 22.0 Å². The van der Waals surface area contributed by atoms with E-state index in [2.05, 4.69) is 34.2 Å². The molecule has 0 amide bonds. The Bertz CT molecular complexity index is 490. The van der Waals surface area contributed by atoms with Crippen molar-refractivity contribution in [3.63, 3.8) is 0 Å². The van der Waals surface area contributed by atoms with Crippen molar-refractivity contribution in [2.75, 3.05) is 6.54 Å². The predicted octanol–water partition coefficient (Wildman–Crippen LogP) is 5.58. The molecule has 0 radical (unpaired) electrons. The van der Waals surface area contributed by atoms with Crippen molar-refractivity contribution in [2.24, 2.45) is 0 Å². The summed E-state index contributed by atoms with van der Waals surface area (Å²) in [6.45, 7) is 2.99. The molecule has 1 N–H and O–H groups in total. The summed E-state index contributed by atoms with van der Waals surface area (Å²) in [5.74, 6) is 0. The van der Waals surface area contributed by atoms with Gasteiger partial charge in [0.2, 0.25) is 0 Å². The first-order valence-corrected chi connectivity index (χ1v) is 8.23. The molecule has 1 unspecified atom stereocenters. The van der Waals surface area contributed by atoms with Crippen molar-refractivity contribution in [3.05, 3.63) is 41.1 Å². The Hall–Kier alpha value is 0.420. The lowest BCUT2D eigenvalue weighted by Crippen LogP contribution is -2.19. The molecule has 6 heteroatoms. The molecule has 1 nitrogen and oxygen atoms in total. The molecule has 2 heterocycles. The number of hydrogen-bond donors (Lipinski definition) is 1. The van der Waals surface area contributed by atoms with Gasteiger partial charge in [-0.2, -0.15) is 0 Å². The minimum atomic E-state index is 0.172. The van der Waals surface area contributed by atoms with E-state index in [1.165, 1.54) is 9.75 Å². The fourth-order valence-corrected chi connectivity index (χ4v) is 4.61. The van der Waals surface area contributed by atoms with Crippen LogP contribution in [-0.4, -0.2) is 6.54 Å². The van der Waals surface area contributed by atoms with Crippen molar-refractivity contribution >= 4 is 61.8 Å². The second-order valence-corrected chi connectivity index (χ2v) is 7.96. The molecule has 2 rings (SSSR count). The molecule has 0 bridgehead atoms. The van der Waals surface area contributed by atoms with Crippen LogP contribution in [0.3, 0.4) is 0 Å². The Kier molecular flexibility index (Phi) is 4.92. The molecule has 0 aliphatic rings. The predicted molar refractivity (Wildman–Crippen MR) is 81.9 cm³/mol. The van der Waals surface area contributed by atoms with Crippen LogP contribution in [0.4, 0.5) is 0 Å². The van der Waals surface area contributed by atoms with Gasteiger partial charge >= 0.3 is 0 Å². The first-order valence-electron chi connectivity index (χ1n) is 5.05. The molecule has 0 saturated heterocycles. The molecule has 0 saturated carbocycles. The van der Waals surface area contributed by atoms with E-state index in [0.717, 1.165) is 19.7 Å². The third kappa shape index (κ3) is 3.25. The number of hydrogen-bond acceptors (Lipinski definition) is 3. The van der Waals surface area contributed by atoms with Crippen LogP contribution < -0.4 is 5.32 Å². The molecule has 2 aromatic heterocycles. The quantitative estimate of drug-likeness (QED) is 0.740. The van der Waals surface area contributed by atoms with Gasteiger partial charge in [-0.1, -0.05) is 30.1 Å². The van der Waals surface area contributed by atoms with Crippen LogP contribution in [0, 0.1) is 0 Å². The van der Waals surface area contributed by atoms with E-state index < -0.39 is 0 Å². The number of halogens is 3. The van der Waals surface area contributed by atoms with Gasteiger partial charge in [-0.25, -0.2) is 0 Å². The molecule has 1 atom stereocenters. The summed E-state index contributed by atoms with van der Waals surface area (Å²) in [6.07, 6.45) is 0. The smallest absolute Gasteiger partial charge is 0.0931 e. The zero-order valence-corrected chi connectivity index (χ0v) is 13.7. The van der Waals surface area contributed by atoms with E-state index in [4.69, 9.17) is 23.2 Å². The van der Waals surface area contributed by atoms with E-state index in [1.807, 2.05) is 12.1 Å². The molecular formula is C11H10BrCl2NS2. The van der Waals surface area contributed by atoms with E-state index in [9.17, 15) is 0 Å². The monoisotopic (exact) mass is 369 g/mol. The second kappa shape index (κ2) is 6.04. The molecule has 17 heavy (non-hydrogen) atoms. The van der Waals surface area contributed by atoms with Crippen LogP contribution >= 0.6 is 61.8 Å². The van der Waals surface area contributed by atoms with Gasteiger partial charge in [-0.3, -0.25) is 0 Å². The fourth-order valence-electron chi connectivity index (χ4n) is 1.53. The summed E-state index contributed by atoms with van der Waals surface area (Å²) >= 11 is 18.8. The maximum atomic E-state index is 6.08. The lowest BCUT2D eigenvalue weighted by molar-refractivity contribution is 0.649. The third-order valence-electron chi connectivity index (χ3n) is 2.24. The highest BCUT2D eigenvalue weighted by atomic mass is 79.9. The minimum Gasteiger partial charge on any atom is -0.305 e. The van der Waals surface area contributed by atoms with Crippen molar-refractivity contribution in [1.82, 2.24) is 5.32 Å². The Morgan fingerprint density at radius 1 is 1.29 bits per heavy atom. The first kappa shape index (κ1) is 13.8. The highest BCUT2D eigenvalue weighted by Gasteiger charge is 2.18. The average Bonchev–Trinajstić information content (AvgIpc) is 2.83. The topological polar surface area (TPSA) is 12.0 Å². The Morgan fingerprint density at radius 2 is 2.06 bits per heavy atom. The first-order chi connectivity index (χ1) is 8.11. The highest BCUT2D eigenvalue weighted by Crippen LogP contribution is 2.39. The molecular weight excluding hydrogens is 361 g/mol. The number of nitrogens with one attached hydrogen (secondary N) is 1. The molecule has 0 aromatic carbocycles. The van der Waals surface area contributed by atoms with E-state index in [-0.39, 0.29) is 6.04 Å². The van der Waals surface area contributed by atoms with Crippen LogP contribution in [0.25, 0.3) is 0 Å². The Morgan fingerprint density at radius 3 is 2.53 bits per heavy atom. The zero-order valence-electron chi connectivity index (χ0n) is 8.97. The van der Waals surface area contributed by atoms with Crippen LogP contribution in [0.2, 0.25) is 9.36 Å². The lowest BCUT2D eigenvalue weighted by Gasteiger charge is -2.14. The van der Waals surface area contributed by atoms with Crippen molar-refractivity contribution in [3.8, 4) is 0 Å². The average molecular weight is 371 g/mol. The summed E-state index contributed by atoms with van der Waals surface area (Å²) in [4.78, 5) is 2.41. The normalized spacial score (nSPS) is 12.9. The van der Waals surface area contributed by atoms with Gasteiger partial charge < -0.3 is 5.32 Å². The van der Waals surface area contributed by atoms with E-state index in [1.54, 1.807) is 22.7 Å². The molecule has 0 spiro atoms. The van der Waals surface area contributed by atoms with Crippen molar-refractivity contribution in [1.29, 1.82) is 0 Å². The molecule has 0 fully saturated rings. The van der Waals surface area contributed by atoms with Gasteiger partial charge in [0.25, 0.3) is 0 Å². The summed E-state index contributed by atoms with van der Waals surface area (Å²) in [5, 5.41) is 4.21. The maximum absolute atomic E-state index is 6.08. The SMILES string of the molecule is CCNC(c1ccc(Cl)s1)c1cc(Cl)c(Br)s1. The van der Waals surface area contributed by atoms with Gasteiger partial charge in [0.1, 0.15) is 0 Å². The minimum absolute atomic E-state index is 0.172. The van der Waals surface area contributed by atoms with Gasteiger partial charge in [-0.15, -0.1) is 22.7 Å². The van der Waals surface area contributed by atoms with Crippen molar-refractivity contribution < 1.29 is 0 Å². The summed E-state index contributed by atoms with van der Waals surface area (Å²) in [6, 6.07) is 6.15. The van der Waals surface area contributed by atoms with Crippen LogP contribution in [0.1, 0.15) is 22.7 Å². The number of rotatable bonds is 4. The van der Waals surface area contributed by atoms with E-state index >= 15 is 0 Å². The summed E-state index contributed by atoms with van der Waals surface area (Å²) in [5.41, 5.74) is 0. The molecule has 92 valence electrons. The maximum Gasteiger partial charge on any atom is 0.0931 e. The third-order valence-corrected chi connectivity index (χ3v) is 6.07. The van der Waals surface area contributed by atoms with Gasteiger partial charge in [-0.05, 0) is 40.7 Å². The molecule has 0 aliphatic carbocycles. The Labute approximate surface area is 127 Å². The van der Waals surface area contributed by atoms with Crippen molar-refractivity contribution in [2.45, 2.75) is 13.0 Å². The molecule has 0 aliphatic heterocycles. The van der Waals surface area contributed by atoms with Gasteiger partial charge in [0.15, 0.2) is 0 Å². The molecule has 2 aromatic rings. The van der Waals surface area contributed by atoms with E-state index in [0.29, 0.717) is 0 Å². The zero-order chi connectivity index (χ0) is 12.4. The Balaban J connectivity index is 2.34. The second-order valence-electron chi connectivity index (χ2n) is 3.40. The van der Waals surface area contributed by atoms with Crippen LogP contribution in [-0.2, 0) is 0 Å². The summed E-state index contributed by atoms with van der Waals surface area (Å²) in [7, 11) is 0. The number of thiophene rings is 2. The largest absolute Gasteiger partial charge is 0.305 e. The van der Waals surface area contributed by atoms with Gasteiger partial charge in [0, 0.05) is 9.75 Å². The summed E-state index contributed by atoms with van der Waals surface area (Å²) < 4.78 is 1.78. The standard InChI is InChI=1S/C11H10BrCl2NS2/c1-2-15-10(7-3-4-9(14)16-7)8-5-6(13)11(12)17-8/h3-5,10,15H,2H2,1H3. The lowest BCUT2D eigenvalue weighted by atomic mass is 10.2. The highest BCUT2D eigenvalue weighted by molar-refractivity contribution is 9.11. The van der Waals surface area contributed by atoms with Gasteiger partial charge in [0.05, 0.1) is 19.2 Å². The van der Waals surface area contributed by atoms with Crippen LogP contribution in [0.5, 0.6) is 0 Å².